The molecule has 0 fully saturated rings. The van der Waals surface area contributed by atoms with E-state index in [0.717, 1.165) is 5.76 Å². The first-order valence-corrected chi connectivity index (χ1v) is 9.36. The van der Waals surface area contributed by atoms with Crippen LogP contribution in [0.4, 0.5) is 10.9 Å². The van der Waals surface area contributed by atoms with Gasteiger partial charge in [-0.05, 0) is 31.2 Å². The molecule has 0 aliphatic carbocycles. The topological polar surface area (TPSA) is 92.9 Å². The smallest absolute Gasteiger partial charge is 0.238 e. The summed E-state index contributed by atoms with van der Waals surface area (Å²) in [6.45, 7) is 2.33. The second-order valence-corrected chi connectivity index (χ2v) is 7.92. The normalized spacial score (nSPS) is 11.9. The molecule has 0 saturated carbocycles. The van der Waals surface area contributed by atoms with Crippen molar-refractivity contribution in [1.29, 1.82) is 0 Å². The van der Waals surface area contributed by atoms with Crippen molar-refractivity contribution in [3.8, 4) is 0 Å². The molecule has 0 aliphatic rings. The van der Waals surface area contributed by atoms with E-state index in [2.05, 4.69) is 25.8 Å². The summed E-state index contributed by atoms with van der Waals surface area (Å²) in [7, 11) is 0. The van der Waals surface area contributed by atoms with Gasteiger partial charge >= 0.3 is 0 Å². The third-order valence-electron chi connectivity index (χ3n) is 3.03. The second kappa shape index (κ2) is 8.32. The lowest BCUT2D eigenvalue weighted by molar-refractivity contribution is -0.115. The van der Waals surface area contributed by atoms with Crippen LogP contribution >= 0.6 is 34.7 Å². The van der Waals surface area contributed by atoms with Crippen LogP contribution in [0.1, 0.15) is 12.7 Å². The largest absolute Gasteiger partial charge is 0.467 e. The van der Waals surface area contributed by atoms with Crippen molar-refractivity contribution in [2.75, 3.05) is 10.6 Å². The van der Waals surface area contributed by atoms with Crippen molar-refractivity contribution < 1.29 is 9.21 Å². The summed E-state index contributed by atoms with van der Waals surface area (Å²) in [6.07, 6.45) is 3.10. The molecule has 3 heterocycles. The third kappa shape index (κ3) is 5.18. The van der Waals surface area contributed by atoms with Gasteiger partial charge in [0.2, 0.25) is 11.0 Å². The summed E-state index contributed by atoms with van der Waals surface area (Å²) in [5.74, 6) is 1.10. The van der Waals surface area contributed by atoms with Crippen LogP contribution in [0.15, 0.2) is 45.5 Å². The van der Waals surface area contributed by atoms with Crippen LogP contribution in [0.3, 0.4) is 0 Å². The summed E-state index contributed by atoms with van der Waals surface area (Å²) in [5.41, 5.74) is 0. The van der Waals surface area contributed by atoms with Crippen LogP contribution in [-0.2, 0) is 11.3 Å². The molecule has 0 spiro atoms. The summed E-state index contributed by atoms with van der Waals surface area (Å²) in [5, 5.41) is 14.9. The quantitative estimate of drug-likeness (QED) is 0.585. The van der Waals surface area contributed by atoms with Gasteiger partial charge in [0.05, 0.1) is 23.1 Å². The minimum atomic E-state index is -0.344. The first kappa shape index (κ1) is 17.7. The van der Waals surface area contributed by atoms with Gasteiger partial charge in [-0.15, -0.1) is 10.2 Å². The number of hydrogen-bond acceptors (Lipinski definition) is 8. The standard InChI is InChI=1S/C15H14ClN5O2S2/c1-9(13(22)19-12-5-4-10(16)7-17-12)24-15-21-20-14(25-15)18-8-11-3-2-6-23-11/h2-7,9H,8H2,1H3,(H,18,20)(H,17,19,22)/t9-/m1/s1. The van der Waals surface area contributed by atoms with Crippen LogP contribution in [0.25, 0.3) is 0 Å². The highest BCUT2D eigenvalue weighted by atomic mass is 35.5. The fourth-order valence-electron chi connectivity index (χ4n) is 1.79. The number of pyridine rings is 1. The average Bonchev–Trinajstić information content (AvgIpc) is 3.26. The fraction of sp³-hybridized carbons (Fsp3) is 0.200. The Balaban J connectivity index is 1.51. The number of nitrogens with one attached hydrogen (secondary N) is 2. The van der Waals surface area contributed by atoms with E-state index in [1.54, 1.807) is 25.3 Å². The van der Waals surface area contributed by atoms with Gasteiger partial charge in [-0.25, -0.2) is 4.98 Å². The van der Waals surface area contributed by atoms with E-state index in [1.165, 1.54) is 29.3 Å². The van der Waals surface area contributed by atoms with Gasteiger partial charge in [0.1, 0.15) is 11.6 Å². The third-order valence-corrected chi connectivity index (χ3v) is 5.31. The number of rotatable bonds is 7. The van der Waals surface area contributed by atoms with Crippen LogP contribution in [0.2, 0.25) is 5.02 Å². The lowest BCUT2D eigenvalue weighted by Crippen LogP contribution is -2.22. The van der Waals surface area contributed by atoms with Crippen LogP contribution < -0.4 is 10.6 Å². The summed E-state index contributed by atoms with van der Waals surface area (Å²) in [6, 6.07) is 7.03. The number of amides is 1. The maximum Gasteiger partial charge on any atom is 0.238 e. The van der Waals surface area contributed by atoms with Crippen LogP contribution in [0.5, 0.6) is 0 Å². The number of nitrogens with zero attached hydrogens (tertiary/aromatic N) is 3. The van der Waals surface area contributed by atoms with Crippen molar-refractivity contribution in [1.82, 2.24) is 15.2 Å². The molecular formula is C15H14ClN5O2S2. The summed E-state index contributed by atoms with van der Waals surface area (Å²) < 4.78 is 5.95. The minimum Gasteiger partial charge on any atom is -0.467 e. The van der Waals surface area contributed by atoms with E-state index in [9.17, 15) is 4.79 Å². The van der Waals surface area contributed by atoms with E-state index in [4.69, 9.17) is 16.0 Å². The molecule has 130 valence electrons. The molecule has 0 unspecified atom stereocenters. The van der Waals surface area contributed by atoms with Gasteiger partial charge in [-0.1, -0.05) is 34.7 Å². The zero-order valence-electron chi connectivity index (χ0n) is 13.1. The fourth-order valence-corrected chi connectivity index (χ4v) is 3.79. The summed E-state index contributed by atoms with van der Waals surface area (Å²) in [4.78, 5) is 16.3. The molecule has 1 amide bonds. The number of halogens is 1. The van der Waals surface area contributed by atoms with E-state index >= 15 is 0 Å². The Kier molecular flexibility index (Phi) is 5.90. The van der Waals surface area contributed by atoms with Crippen molar-refractivity contribution in [2.24, 2.45) is 0 Å². The molecule has 0 radical (unpaired) electrons. The highest BCUT2D eigenvalue weighted by molar-refractivity contribution is 8.02. The number of furan rings is 1. The molecule has 0 bridgehead atoms. The first-order chi connectivity index (χ1) is 12.1. The average molecular weight is 396 g/mol. The maximum absolute atomic E-state index is 12.2. The predicted octanol–water partition coefficient (Wildman–Crippen LogP) is 3.91. The molecule has 10 heteroatoms. The van der Waals surface area contributed by atoms with Gasteiger partial charge in [-0.3, -0.25) is 4.79 Å². The molecule has 1 atom stereocenters. The zero-order chi connectivity index (χ0) is 17.6. The number of carbonyl (C=O) groups is 1. The van der Waals surface area contributed by atoms with Crippen molar-refractivity contribution >= 4 is 51.6 Å². The Hall–Kier alpha value is -2.10. The monoisotopic (exact) mass is 395 g/mol. The molecule has 3 rings (SSSR count). The van der Waals surface area contributed by atoms with Crippen molar-refractivity contribution in [3.63, 3.8) is 0 Å². The maximum atomic E-state index is 12.2. The number of aromatic nitrogens is 3. The summed E-state index contributed by atoms with van der Waals surface area (Å²) >= 11 is 8.49. The van der Waals surface area contributed by atoms with Crippen molar-refractivity contribution in [2.45, 2.75) is 23.1 Å². The van der Waals surface area contributed by atoms with Gasteiger partial charge in [0.15, 0.2) is 4.34 Å². The Morgan fingerprint density at radius 1 is 1.40 bits per heavy atom. The van der Waals surface area contributed by atoms with Gasteiger partial charge in [-0.2, -0.15) is 0 Å². The zero-order valence-corrected chi connectivity index (χ0v) is 15.5. The molecule has 0 saturated heterocycles. The molecule has 0 aromatic carbocycles. The minimum absolute atomic E-state index is 0.167. The number of carbonyl (C=O) groups excluding carboxylic acids is 1. The Morgan fingerprint density at radius 3 is 3.00 bits per heavy atom. The highest BCUT2D eigenvalue weighted by Crippen LogP contribution is 2.29. The SMILES string of the molecule is C[C@@H](Sc1nnc(NCc2ccco2)s1)C(=O)Nc1ccc(Cl)cn1. The Labute approximate surface area is 157 Å². The van der Waals surface area contributed by atoms with E-state index < -0.39 is 0 Å². The molecule has 3 aromatic rings. The number of thioether (sulfide) groups is 1. The second-order valence-electron chi connectivity index (χ2n) is 4.92. The lowest BCUT2D eigenvalue weighted by atomic mass is 10.4. The molecular weight excluding hydrogens is 382 g/mol. The highest BCUT2D eigenvalue weighted by Gasteiger charge is 2.17. The molecule has 2 N–H and O–H groups in total. The van der Waals surface area contributed by atoms with E-state index in [0.29, 0.717) is 26.9 Å². The van der Waals surface area contributed by atoms with Crippen LogP contribution in [-0.4, -0.2) is 26.3 Å². The number of anilines is 2. The van der Waals surface area contributed by atoms with Gasteiger partial charge in [0, 0.05) is 6.20 Å². The van der Waals surface area contributed by atoms with Gasteiger partial charge < -0.3 is 15.1 Å². The Bertz CT molecular complexity index is 823. The van der Waals surface area contributed by atoms with Crippen LogP contribution in [0, 0.1) is 0 Å². The first-order valence-electron chi connectivity index (χ1n) is 7.29. The molecule has 3 aromatic heterocycles. The molecule has 7 nitrogen and oxygen atoms in total. The molecule has 25 heavy (non-hydrogen) atoms. The van der Waals surface area contributed by atoms with Gasteiger partial charge in [0.25, 0.3) is 0 Å². The number of hydrogen-bond donors (Lipinski definition) is 2. The van der Waals surface area contributed by atoms with E-state index in [1.807, 2.05) is 12.1 Å². The van der Waals surface area contributed by atoms with E-state index in [-0.39, 0.29) is 11.2 Å². The van der Waals surface area contributed by atoms with Crippen molar-refractivity contribution in [3.05, 3.63) is 47.5 Å². The molecule has 0 aliphatic heterocycles. The lowest BCUT2D eigenvalue weighted by Gasteiger charge is -2.09. The Morgan fingerprint density at radius 2 is 2.28 bits per heavy atom. The predicted molar refractivity (Wildman–Crippen MR) is 99.1 cm³/mol.